The Balaban J connectivity index is 2.59. The first-order chi connectivity index (χ1) is 7.36. The predicted octanol–water partition coefficient (Wildman–Crippen LogP) is 5.64. The van der Waals surface area contributed by atoms with E-state index in [0.717, 1.165) is 0 Å². The van der Waals surface area contributed by atoms with Gasteiger partial charge in [-0.25, -0.2) is 3.71 Å². The van der Waals surface area contributed by atoms with E-state index in [-0.39, 0.29) is 0 Å². The smallest absolute Gasteiger partial charge is 0.0688 e. The van der Waals surface area contributed by atoms with Crippen molar-refractivity contribution in [1.82, 2.24) is 0 Å². The van der Waals surface area contributed by atoms with Gasteiger partial charge in [-0.1, -0.05) is 36.4 Å². The van der Waals surface area contributed by atoms with E-state index in [4.69, 9.17) is 0 Å². The molecule has 0 atom stereocenters. The van der Waals surface area contributed by atoms with E-state index in [1.54, 1.807) is 18.2 Å². The second kappa shape index (κ2) is 5.83. The van der Waals surface area contributed by atoms with Gasteiger partial charge in [0.15, 0.2) is 0 Å². The van der Waals surface area contributed by atoms with Gasteiger partial charge in [-0.05, 0) is 11.5 Å². The quantitative estimate of drug-likeness (QED) is 0.432. The summed E-state index contributed by atoms with van der Waals surface area (Å²) in [5.41, 5.74) is 1.26. The number of anilines is 1. The van der Waals surface area contributed by atoms with Crippen molar-refractivity contribution in [2.24, 2.45) is 0 Å². The summed E-state index contributed by atoms with van der Waals surface area (Å²) in [7, 11) is 3.39. The van der Waals surface area contributed by atoms with Gasteiger partial charge in [0.25, 0.3) is 0 Å². The van der Waals surface area contributed by atoms with Crippen LogP contribution in [0.1, 0.15) is 0 Å². The molecule has 0 aromatic heterocycles. The molecule has 0 saturated carbocycles. The minimum absolute atomic E-state index is 1.26. The second-order valence-corrected chi connectivity index (χ2v) is 6.49. The van der Waals surface area contributed by atoms with Crippen molar-refractivity contribution in [1.29, 1.82) is 0 Å². The molecule has 2 rings (SSSR count). The Morgan fingerprint density at radius 3 is 2.27 bits per heavy atom. The van der Waals surface area contributed by atoms with Crippen LogP contribution < -0.4 is 3.71 Å². The van der Waals surface area contributed by atoms with Crippen LogP contribution in [0.4, 0.5) is 5.69 Å². The van der Waals surface area contributed by atoms with Crippen molar-refractivity contribution in [2.75, 3.05) is 3.71 Å². The SMILES string of the molecule is ISN(SI)c1cccc2ccccc12. The van der Waals surface area contributed by atoms with Gasteiger partial charge in [0.1, 0.15) is 0 Å². The molecule has 0 saturated heterocycles. The molecule has 0 amide bonds. The molecule has 78 valence electrons. The van der Waals surface area contributed by atoms with Crippen molar-refractivity contribution >= 4 is 77.1 Å². The van der Waals surface area contributed by atoms with Gasteiger partial charge in [-0.2, -0.15) is 0 Å². The van der Waals surface area contributed by atoms with Crippen LogP contribution in [0.25, 0.3) is 10.8 Å². The fraction of sp³-hybridized carbons (Fsp3) is 0. The van der Waals surface area contributed by atoms with E-state index in [2.05, 4.69) is 88.6 Å². The third kappa shape index (κ3) is 2.67. The Kier molecular flexibility index (Phi) is 4.71. The highest BCUT2D eigenvalue weighted by atomic mass is 127. The summed E-state index contributed by atoms with van der Waals surface area (Å²) in [4.78, 5) is 0. The van der Waals surface area contributed by atoms with Gasteiger partial charge < -0.3 is 0 Å². The lowest BCUT2D eigenvalue weighted by Gasteiger charge is -2.17. The highest BCUT2D eigenvalue weighted by Crippen LogP contribution is 2.40. The molecular weight excluding hydrogens is 452 g/mol. The van der Waals surface area contributed by atoms with E-state index in [1.165, 1.54) is 16.5 Å². The third-order valence-corrected chi connectivity index (χ3v) is 7.15. The van der Waals surface area contributed by atoms with Crippen LogP contribution in [-0.4, -0.2) is 0 Å². The Hall–Kier alpha value is 0.660. The second-order valence-electron chi connectivity index (χ2n) is 2.89. The molecule has 0 aliphatic carbocycles. The Labute approximate surface area is 122 Å². The molecule has 5 heteroatoms. The van der Waals surface area contributed by atoms with Crippen molar-refractivity contribution in [2.45, 2.75) is 0 Å². The molecule has 2 aromatic carbocycles. The van der Waals surface area contributed by atoms with Gasteiger partial charge in [0, 0.05) is 66.0 Å². The van der Waals surface area contributed by atoms with Crippen LogP contribution in [-0.2, 0) is 0 Å². The van der Waals surface area contributed by atoms with Gasteiger partial charge in [-0.15, -0.1) is 0 Å². The summed E-state index contributed by atoms with van der Waals surface area (Å²) in [6, 6.07) is 14.9. The number of rotatable bonds is 3. The summed E-state index contributed by atoms with van der Waals surface area (Å²) in [5, 5.41) is 2.59. The molecule has 1 nitrogen and oxygen atoms in total. The van der Waals surface area contributed by atoms with Gasteiger partial charge in [0.05, 0.1) is 5.69 Å². The van der Waals surface area contributed by atoms with Crippen molar-refractivity contribution in [3.05, 3.63) is 42.5 Å². The van der Waals surface area contributed by atoms with Crippen molar-refractivity contribution in [3.63, 3.8) is 0 Å². The lowest BCUT2D eigenvalue weighted by molar-refractivity contribution is 1.67. The van der Waals surface area contributed by atoms with Crippen molar-refractivity contribution < 1.29 is 0 Å². The number of fused-ring (bicyclic) bond motifs is 1. The van der Waals surface area contributed by atoms with E-state index >= 15 is 0 Å². The third-order valence-electron chi connectivity index (χ3n) is 2.09. The fourth-order valence-corrected chi connectivity index (χ4v) is 7.49. The zero-order valence-corrected chi connectivity index (χ0v) is 13.5. The van der Waals surface area contributed by atoms with E-state index in [1.807, 2.05) is 0 Å². The lowest BCUT2D eigenvalue weighted by Crippen LogP contribution is -1.97. The van der Waals surface area contributed by atoms with Crippen LogP contribution in [0.15, 0.2) is 42.5 Å². The maximum atomic E-state index is 2.30. The zero-order chi connectivity index (χ0) is 10.7. The number of benzene rings is 2. The number of halogens is 2. The standard InChI is InChI=1S/C10H7I2NS2/c11-14-13(15-12)10-7-3-5-8-4-1-2-6-9(8)10/h1-7H. The molecule has 0 fully saturated rings. The first kappa shape index (κ1) is 12.1. The molecule has 2 aromatic rings. The molecule has 0 aliphatic rings. The Morgan fingerprint density at radius 1 is 0.867 bits per heavy atom. The maximum absolute atomic E-state index is 2.30. The van der Waals surface area contributed by atoms with E-state index < -0.39 is 0 Å². The van der Waals surface area contributed by atoms with E-state index in [9.17, 15) is 0 Å². The first-order valence-electron chi connectivity index (χ1n) is 4.22. The average Bonchev–Trinajstić information content (AvgIpc) is 2.31. The maximum Gasteiger partial charge on any atom is 0.0688 e. The molecular formula is C10H7I2NS2. The van der Waals surface area contributed by atoms with E-state index in [0.29, 0.717) is 0 Å². The van der Waals surface area contributed by atoms with Crippen molar-refractivity contribution in [3.8, 4) is 0 Å². The minimum Gasteiger partial charge on any atom is -0.239 e. The van der Waals surface area contributed by atoms with Crippen LogP contribution in [0, 0.1) is 0 Å². The zero-order valence-electron chi connectivity index (χ0n) is 7.56. The monoisotopic (exact) mass is 459 g/mol. The van der Waals surface area contributed by atoms with Crippen LogP contribution in [0.3, 0.4) is 0 Å². The molecule has 0 spiro atoms. The summed E-state index contributed by atoms with van der Waals surface area (Å²) in [6.07, 6.45) is 0. The Morgan fingerprint density at radius 2 is 1.53 bits per heavy atom. The first-order valence-corrected chi connectivity index (χ1v) is 10.9. The minimum atomic E-state index is 1.26. The molecule has 0 radical (unpaired) electrons. The normalized spacial score (nSPS) is 10.5. The number of hydrogen-bond acceptors (Lipinski definition) is 3. The number of hydrogen-bond donors (Lipinski definition) is 0. The number of nitrogens with zero attached hydrogens (tertiary/aromatic N) is 1. The van der Waals surface area contributed by atoms with Gasteiger partial charge >= 0.3 is 0 Å². The molecule has 0 unspecified atom stereocenters. The highest BCUT2D eigenvalue weighted by molar-refractivity contribution is 14.2. The largest absolute Gasteiger partial charge is 0.239 e. The summed E-state index contributed by atoms with van der Waals surface area (Å²) in [5.74, 6) is 0. The molecule has 15 heavy (non-hydrogen) atoms. The lowest BCUT2D eigenvalue weighted by atomic mass is 10.1. The fourth-order valence-electron chi connectivity index (χ4n) is 1.45. The Bertz CT molecular complexity index is 455. The summed E-state index contributed by atoms with van der Waals surface area (Å²) >= 11 is 4.61. The molecule has 0 heterocycles. The molecule has 0 N–H and O–H groups in total. The topological polar surface area (TPSA) is 3.24 Å². The predicted molar refractivity (Wildman–Crippen MR) is 89.6 cm³/mol. The summed E-state index contributed by atoms with van der Waals surface area (Å²) in [6.45, 7) is 0. The van der Waals surface area contributed by atoms with Gasteiger partial charge in [0.2, 0.25) is 0 Å². The van der Waals surface area contributed by atoms with Gasteiger partial charge in [-0.3, -0.25) is 0 Å². The van der Waals surface area contributed by atoms with Crippen LogP contribution >= 0.6 is 60.6 Å². The summed E-state index contributed by atoms with van der Waals surface area (Å²) < 4.78 is 2.20. The molecule has 0 aliphatic heterocycles. The average molecular weight is 459 g/mol. The molecule has 0 bridgehead atoms. The van der Waals surface area contributed by atoms with Crippen LogP contribution in [0.5, 0.6) is 0 Å². The highest BCUT2D eigenvalue weighted by Gasteiger charge is 2.08. The van der Waals surface area contributed by atoms with Crippen LogP contribution in [0.2, 0.25) is 0 Å².